The lowest BCUT2D eigenvalue weighted by molar-refractivity contribution is 0.0942. The van der Waals surface area contributed by atoms with Crippen molar-refractivity contribution in [3.05, 3.63) is 15.6 Å². The molecule has 0 saturated heterocycles. The van der Waals surface area contributed by atoms with Crippen LogP contribution >= 0.6 is 11.3 Å². The number of hydrogen-bond acceptors (Lipinski definition) is 4. The number of aromatic nitrogens is 1. The van der Waals surface area contributed by atoms with Gasteiger partial charge in [-0.05, 0) is 20.3 Å². The fraction of sp³-hybridized carbons (Fsp3) is 0.600. The van der Waals surface area contributed by atoms with Crippen molar-refractivity contribution < 1.29 is 4.79 Å². The number of carbonyl (C=O) groups excluding carboxylic acids is 1. The molecule has 0 aliphatic rings. The molecule has 1 unspecified atom stereocenters. The second-order valence-corrected chi connectivity index (χ2v) is 4.59. The van der Waals surface area contributed by atoms with Crippen LogP contribution in [0, 0.1) is 6.92 Å². The first-order valence-corrected chi connectivity index (χ1v) is 5.87. The van der Waals surface area contributed by atoms with Crippen molar-refractivity contribution >= 4 is 17.2 Å². The molecule has 0 bridgehead atoms. The molecule has 1 amide bonds. The number of amides is 1. The second-order valence-electron chi connectivity index (χ2n) is 3.51. The summed E-state index contributed by atoms with van der Waals surface area (Å²) >= 11 is 1.37. The molecular weight excluding hydrogens is 210 g/mol. The van der Waals surface area contributed by atoms with E-state index < -0.39 is 0 Å². The molecule has 0 saturated carbocycles. The molecule has 4 nitrogen and oxygen atoms in total. The molecule has 1 heterocycles. The maximum Gasteiger partial charge on any atom is 0.263 e. The van der Waals surface area contributed by atoms with Crippen molar-refractivity contribution in [2.75, 3.05) is 0 Å². The molecular formula is C10H17N3OS. The van der Waals surface area contributed by atoms with Crippen LogP contribution in [0.4, 0.5) is 0 Å². The molecule has 0 aliphatic carbocycles. The van der Waals surface area contributed by atoms with E-state index in [4.69, 9.17) is 5.73 Å². The summed E-state index contributed by atoms with van der Waals surface area (Å²) in [6, 6.07) is 0.195. The van der Waals surface area contributed by atoms with Crippen molar-refractivity contribution in [1.82, 2.24) is 10.3 Å². The average molecular weight is 227 g/mol. The molecule has 0 fully saturated rings. The monoisotopic (exact) mass is 227 g/mol. The number of nitrogens with one attached hydrogen (secondary N) is 1. The zero-order valence-electron chi connectivity index (χ0n) is 9.33. The maximum absolute atomic E-state index is 11.8. The van der Waals surface area contributed by atoms with Gasteiger partial charge < -0.3 is 11.1 Å². The fourth-order valence-corrected chi connectivity index (χ4v) is 1.99. The number of thiazole rings is 1. The van der Waals surface area contributed by atoms with Gasteiger partial charge in [-0.2, -0.15) is 0 Å². The van der Waals surface area contributed by atoms with E-state index in [1.165, 1.54) is 11.3 Å². The van der Waals surface area contributed by atoms with Crippen LogP contribution in [0.1, 0.15) is 40.6 Å². The first kappa shape index (κ1) is 12.1. The van der Waals surface area contributed by atoms with E-state index in [2.05, 4.69) is 10.3 Å². The number of nitrogens with zero attached hydrogens (tertiary/aromatic N) is 1. The Labute approximate surface area is 93.9 Å². The van der Waals surface area contributed by atoms with Gasteiger partial charge in [0, 0.05) is 12.6 Å². The second kappa shape index (κ2) is 5.23. The van der Waals surface area contributed by atoms with Crippen LogP contribution in [0.2, 0.25) is 0 Å². The summed E-state index contributed by atoms with van der Waals surface area (Å²) in [5, 5.41) is 3.72. The van der Waals surface area contributed by atoms with Gasteiger partial charge in [0.15, 0.2) is 0 Å². The fourth-order valence-electron chi connectivity index (χ4n) is 1.14. The van der Waals surface area contributed by atoms with Crippen LogP contribution in [0.15, 0.2) is 0 Å². The van der Waals surface area contributed by atoms with Crippen LogP contribution in [0.25, 0.3) is 0 Å². The summed E-state index contributed by atoms with van der Waals surface area (Å²) in [4.78, 5) is 16.7. The van der Waals surface area contributed by atoms with Crippen molar-refractivity contribution in [3.8, 4) is 0 Å². The van der Waals surface area contributed by atoms with Gasteiger partial charge in [-0.25, -0.2) is 4.98 Å². The first-order valence-electron chi connectivity index (χ1n) is 5.05. The van der Waals surface area contributed by atoms with Crippen molar-refractivity contribution in [1.29, 1.82) is 0 Å². The summed E-state index contributed by atoms with van der Waals surface area (Å²) in [6.45, 7) is 6.25. The summed E-state index contributed by atoms with van der Waals surface area (Å²) in [7, 11) is 0. The highest BCUT2D eigenvalue weighted by Gasteiger charge is 2.15. The Balaban J connectivity index is 2.77. The standard InChI is InChI=1S/C10H17N3OS/c1-4-6(2)12-10(14)9-7(3)13-8(5-11)15-9/h6H,4-5,11H2,1-3H3,(H,12,14). The molecule has 0 spiro atoms. The number of hydrogen-bond donors (Lipinski definition) is 2. The largest absolute Gasteiger partial charge is 0.349 e. The molecule has 1 aromatic rings. The maximum atomic E-state index is 11.8. The highest BCUT2D eigenvalue weighted by molar-refractivity contribution is 7.13. The van der Waals surface area contributed by atoms with Gasteiger partial charge in [0.05, 0.1) is 5.69 Å². The Morgan fingerprint density at radius 3 is 2.80 bits per heavy atom. The lowest BCUT2D eigenvalue weighted by Gasteiger charge is -2.09. The van der Waals surface area contributed by atoms with Crippen LogP contribution < -0.4 is 11.1 Å². The predicted molar refractivity (Wildman–Crippen MR) is 62.0 cm³/mol. The molecule has 15 heavy (non-hydrogen) atoms. The quantitative estimate of drug-likeness (QED) is 0.817. The SMILES string of the molecule is CCC(C)NC(=O)c1sc(CN)nc1C. The molecule has 1 aromatic heterocycles. The number of rotatable bonds is 4. The predicted octanol–water partition coefficient (Wildman–Crippen LogP) is 1.44. The van der Waals surface area contributed by atoms with Crippen LogP contribution in [-0.2, 0) is 6.54 Å². The van der Waals surface area contributed by atoms with E-state index in [9.17, 15) is 4.79 Å². The molecule has 84 valence electrons. The van der Waals surface area contributed by atoms with E-state index >= 15 is 0 Å². The van der Waals surface area contributed by atoms with Crippen molar-refractivity contribution in [2.45, 2.75) is 39.8 Å². The van der Waals surface area contributed by atoms with E-state index in [-0.39, 0.29) is 11.9 Å². The normalized spacial score (nSPS) is 12.5. The first-order chi connectivity index (χ1) is 7.08. The van der Waals surface area contributed by atoms with Crippen LogP contribution in [0.5, 0.6) is 0 Å². The molecule has 1 atom stereocenters. The molecule has 0 radical (unpaired) electrons. The van der Waals surface area contributed by atoms with Crippen LogP contribution in [-0.4, -0.2) is 16.9 Å². The lowest BCUT2D eigenvalue weighted by Crippen LogP contribution is -2.31. The highest BCUT2D eigenvalue weighted by atomic mass is 32.1. The van der Waals surface area contributed by atoms with Gasteiger partial charge in [0.25, 0.3) is 5.91 Å². The third-order valence-electron chi connectivity index (χ3n) is 2.21. The van der Waals surface area contributed by atoms with Gasteiger partial charge >= 0.3 is 0 Å². The number of carbonyl (C=O) groups is 1. The summed E-state index contributed by atoms with van der Waals surface area (Å²) in [6.07, 6.45) is 0.924. The van der Waals surface area contributed by atoms with E-state index in [0.717, 1.165) is 17.1 Å². The third-order valence-corrected chi connectivity index (χ3v) is 3.39. The minimum absolute atomic E-state index is 0.0425. The Morgan fingerprint density at radius 2 is 2.33 bits per heavy atom. The smallest absolute Gasteiger partial charge is 0.263 e. The summed E-state index contributed by atoms with van der Waals surface area (Å²) in [5.41, 5.74) is 6.24. The minimum Gasteiger partial charge on any atom is -0.349 e. The van der Waals surface area contributed by atoms with E-state index in [1.807, 2.05) is 20.8 Å². The number of nitrogens with two attached hydrogens (primary N) is 1. The van der Waals surface area contributed by atoms with E-state index in [0.29, 0.717) is 11.4 Å². The molecule has 0 aromatic carbocycles. The molecule has 5 heteroatoms. The Bertz CT molecular complexity index is 348. The molecule has 1 rings (SSSR count). The zero-order valence-corrected chi connectivity index (χ0v) is 10.1. The van der Waals surface area contributed by atoms with Gasteiger partial charge in [-0.15, -0.1) is 11.3 Å². The summed E-state index contributed by atoms with van der Waals surface area (Å²) in [5.74, 6) is -0.0425. The highest BCUT2D eigenvalue weighted by Crippen LogP contribution is 2.17. The summed E-state index contributed by atoms with van der Waals surface area (Å²) < 4.78 is 0. The Kier molecular flexibility index (Phi) is 4.23. The zero-order chi connectivity index (χ0) is 11.4. The third kappa shape index (κ3) is 3.00. The van der Waals surface area contributed by atoms with E-state index in [1.54, 1.807) is 0 Å². The van der Waals surface area contributed by atoms with Gasteiger partial charge in [0.1, 0.15) is 9.88 Å². The lowest BCUT2D eigenvalue weighted by atomic mass is 10.2. The minimum atomic E-state index is -0.0425. The van der Waals surface area contributed by atoms with Gasteiger partial charge in [0.2, 0.25) is 0 Å². The topological polar surface area (TPSA) is 68.0 Å². The Morgan fingerprint density at radius 1 is 1.67 bits per heavy atom. The van der Waals surface area contributed by atoms with Gasteiger partial charge in [-0.3, -0.25) is 4.79 Å². The Hall–Kier alpha value is -0.940. The van der Waals surface area contributed by atoms with Crippen molar-refractivity contribution in [2.24, 2.45) is 5.73 Å². The van der Waals surface area contributed by atoms with Gasteiger partial charge in [-0.1, -0.05) is 6.92 Å². The van der Waals surface area contributed by atoms with Crippen LogP contribution in [0.3, 0.4) is 0 Å². The average Bonchev–Trinajstić information content (AvgIpc) is 2.59. The molecule has 3 N–H and O–H groups in total. The number of aryl methyl sites for hydroxylation is 1. The molecule has 0 aliphatic heterocycles. The van der Waals surface area contributed by atoms with Crippen molar-refractivity contribution in [3.63, 3.8) is 0 Å².